The molecule has 2 rings (SSSR count). The Morgan fingerprint density at radius 1 is 1.33 bits per heavy atom. The Labute approximate surface area is 134 Å². The molecule has 0 fully saturated rings. The van der Waals surface area contributed by atoms with Crippen LogP contribution in [0, 0.1) is 6.92 Å². The van der Waals surface area contributed by atoms with E-state index in [-0.39, 0.29) is 5.91 Å². The maximum absolute atomic E-state index is 12.7. The summed E-state index contributed by atoms with van der Waals surface area (Å²) in [5, 5.41) is 2.49. The average Bonchev–Trinajstić information content (AvgIpc) is 2.80. The lowest BCUT2D eigenvalue weighted by atomic mass is 10.2. The molecule has 3 nitrogen and oxygen atoms in total. The van der Waals surface area contributed by atoms with E-state index in [4.69, 9.17) is 17.3 Å². The Balaban J connectivity index is 2.20. The number of thiophene rings is 1. The van der Waals surface area contributed by atoms with E-state index in [1.54, 1.807) is 0 Å². The molecule has 0 saturated heterocycles. The van der Waals surface area contributed by atoms with E-state index >= 15 is 0 Å². The van der Waals surface area contributed by atoms with Crippen molar-refractivity contribution in [2.75, 3.05) is 12.3 Å². The molecule has 0 bridgehead atoms. The van der Waals surface area contributed by atoms with Crippen molar-refractivity contribution in [3.8, 4) is 0 Å². The highest BCUT2D eigenvalue weighted by Gasteiger charge is 2.20. The van der Waals surface area contributed by atoms with Gasteiger partial charge in [0.2, 0.25) is 0 Å². The molecule has 1 heterocycles. The maximum atomic E-state index is 12.7. The molecule has 5 heteroatoms. The van der Waals surface area contributed by atoms with Crippen LogP contribution in [0.25, 0.3) is 0 Å². The van der Waals surface area contributed by atoms with Gasteiger partial charge in [0.15, 0.2) is 0 Å². The van der Waals surface area contributed by atoms with Crippen LogP contribution in [0.5, 0.6) is 0 Å². The molecule has 0 aliphatic heterocycles. The van der Waals surface area contributed by atoms with Gasteiger partial charge >= 0.3 is 0 Å². The first-order chi connectivity index (χ1) is 10.0. The first kappa shape index (κ1) is 15.9. The van der Waals surface area contributed by atoms with Crippen LogP contribution in [-0.4, -0.2) is 17.4 Å². The van der Waals surface area contributed by atoms with E-state index in [1.807, 2.05) is 41.5 Å². The molecule has 1 aromatic heterocycles. The summed E-state index contributed by atoms with van der Waals surface area (Å²) in [6.07, 6.45) is 0.905. The Hall–Kier alpha value is -1.52. The summed E-state index contributed by atoms with van der Waals surface area (Å²) in [5.74, 6) is -0.00299. The summed E-state index contributed by atoms with van der Waals surface area (Å²) in [6, 6.07) is 7.61. The van der Waals surface area contributed by atoms with Crippen molar-refractivity contribution in [2.45, 2.75) is 26.8 Å². The summed E-state index contributed by atoms with van der Waals surface area (Å²) < 4.78 is 0. The zero-order valence-electron chi connectivity index (χ0n) is 12.2. The number of aryl methyl sites for hydroxylation is 1. The zero-order valence-corrected chi connectivity index (χ0v) is 13.8. The topological polar surface area (TPSA) is 46.3 Å². The maximum Gasteiger partial charge on any atom is 0.265 e. The molecule has 0 aliphatic rings. The van der Waals surface area contributed by atoms with Crippen LogP contribution < -0.4 is 5.73 Å². The molecular formula is C16H19ClN2OS. The van der Waals surface area contributed by atoms with Gasteiger partial charge in [0.1, 0.15) is 4.88 Å². The minimum absolute atomic E-state index is 0.00299. The first-order valence-electron chi connectivity index (χ1n) is 6.90. The van der Waals surface area contributed by atoms with Gasteiger partial charge in [0, 0.05) is 18.8 Å². The van der Waals surface area contributed by atoms with E-state index in [1.165, 1.54) is 11.3 Å². The normalized spacial score (nSPS) is 10.6. The van der Waals surface area contributed by atoms with E-state index < -0.39 is 0 Å². The second kappa shape index (κ2) is 6.96. The molecule has 21 heavy (non-hydrogen) atoms. The minimum Gasteiger partial charge on any atom is -0.399 e. The van der Waals surface area contributed by atoms with Crippen LogP contribution in [0.15, 0.2) is 29.6 Å². The molecule has 0 unspecified atom stereocenters. The van der Waals surface area contributed by atoms with Crippen molar-refractivity contribution in [3.05, 3.63) is 50.7 Å². The van der Waals surface area contributed by atoms with E-state index in [2.05, 4.69) is 6.92 Å². The van der Waals surface area contributed by atoms with Crippen LogP contribution in [0.4, 0.5) is 5.69 Å². The van der Waals surface area contributed by atoms with E-state index in [9.17, 15) is 4.79 Å². The van der Waals surface area contributed by atoms with Crippen molar-refractivity contribution in [1.29, 1.82) is 0 Å². The van der Waals surface area contributed by atoms with Gasteiger partial charge in [-0.25, -0.2) is 0 Å². The predicted molar refractivity (Wildman–Crippen MR) is 90.0 cm³/mol. The molecular weight excluding hydrogens is 304 g/mol. The number of nitrogens with two attached hydrogens (primary N) is 1. The summed E-state index contributed by atoms with van der Waals surface area (Å²) in [6.45, 7) is 5.25. The smallest absolute Gasteiger partial charge is 0.265 e. The number of halogens is 1. The summed E-state index contributed by atoms with van der Waals surface area (Å²) in [7, 11) is 0. The van der Waals surface area contributed by atoms with Crippen LogP contribution in [0.2, 0.25) is 5.02 Å². The fourth-order valence-corrected chi connectivity index (χ4v) is 3.32. The second-order valence-corrected chi connectivity index (χ2v) is 6.29. The Kier molecular flexibility index (Phi) is 5.26. The number of benzene rings is 1. The van der Waals surface area contributed by atoms with Crippen molar-refractivity contribution >= 4 is 34.5 Å². The Morgan fingerprint density at radius 2 is 2.00 bits per heavy atom. The summed E-state index contributed by atoms with van der Waals surface area (Å²) in [5.41, 5.74) is 8.44. The minimum atomic E-state index is -0.00299. The number of carbonyl (C=O) groups is 1. The molecule has 0 saturated carbocycles. The summed E-state index contributed by atoms with van der Waals surface area (Å²) in [4.78, 5) is 15.1. The summed E-state index contributed by atoms with van der Waals surface area (Å²) >= 11 is 7.63. The number of hydrogen-bond donors (Lipinski definition) is 1. The number of nitrogen functional groups attached to an aromatic ring is 1. The molecule has 0 atom stereocenters. The van der Waals surface area contributed by atoms with Crippen LogP contribution >= 0.6 is 22.9 Å². The zero-order chi connectivity index (χ0) is 15.4. The number of anilines is 1. The van der Waals surface area contributed by atoms with Crippen molar-refractivity contribution in [3.63, 3.8) is 0 Å². The van der Waals surface area contributed by atoms with Crippen molar-refractivity contribution in [1.82, 2.24) is 4.90 Å². The lowest BCUT2D eigenvalue weighted by Gasteiger charge is -2.22. The van der Waals surface area contributed by atoms with Gasteiger partial charge in [-0.3, -0.25) is 4.79 Å². The molecule has 112 valence electrons. The third-order valence-electron chi connectivity index (χ3n) is 3.23. The molecule has 0 aliphatic carbocycles. The van der Waals surface area contributed by atoms with Gasteiger partial charge in [0.05, 0.1) is 5.02 Å². The van der Waals surface area contributed by atoms with Gasteiger partial charge in [-0.2, -0.15) is 0 Å². The lowest BCUT2D eigenvalue weighted by molar-refractivity contribution is 0.0748. The highest BCUT2D eigenvalue weighted by Crippen LogP contribution is 2.28. The Morgan fingerprint density at radius 3 is 2.52 bits per heavy atom. The van der Waals surface area contributed by atoms with Gasteiger partial charge in [-0.05, 0) is 42.0 Å². The van der Waals surface area contributed by atoms with E-state index in [0.717, 1.165) is 23.2 Å². The van der Waals surface area contributed by atoms with Crippen LogP contribution in [0.3, 0.4) is 0 Å². The fraction of sp³-hybridized carbons (Fsp3) is 0.312. The lowest BCUT2D eigenvalue weighted by Crippen LogP contribution is -2.30. The first-order valence-corrected chi connectivity index (χ1v) is 8.16. The SMILES string of the molecule is CCCN(Cc1ccc(N)cc1)C(=O)c1scc(C)c1Cl. The van der Waals surface area contributed by atoms with Crippen molar-refractivity contribution in [2.24, 2.45) is 0 Å². The van der Waals surface area contributed by atoms with Crippen LogP contribution in [0.1, 0.15) is 34.1 Å². The van der Waals surface area contributed by atoms with E-state index in [0.29, 0.717) is 23.0 Å². The number of carbonyl (C=O) groups excluding carboxylic acids is 1. The average molecular weight is 323 g/mol. The number of amides is 1. The highest BCUT2D eigenvalue weighted by atomic mass is 35.5. The molecule has 0 spiro atoms. The van der Waals surface area contributed by atoms with Gasteiger partial charge in [0.25, 0.3) is 5.91 Å². The van der Waals surface area contributed by atoms with Gasteiger partial charge in [-0.1, -0.05) is 30.7 Å². The molecule has 2 aromatic rings. The standard InChI is InChI=1S/C16H19ClN2OS/c1-3-8-19(9-12-4-6-13(18)7-5-12)16(20)15-14(17)11(2)10-21-15/h4-7,10H,3,8-9,18H2,1-2H3. The fourth-order valence-electron chi connectivity index (χ4n) is 2.08. The monoisotopic (exact) mass is 322 g/mol. The number of hydrogen-bond acceptors (Lipinski definition) is 3. The molecule has 2 N–H and O–H groups in total. The molecule has 1 aromatic carbocycles. The van der Waals surface area contributed by atoms with Crippen molar-refractivity contribution < 1.29 is 4.79 Å². The molecule has 0 radical (unpaired) electrons. The molecule has 1 amide bonds. The quantitative estimate of drug-likeness (QED) is 0.832. The largest absolute Gasteiger partial charge is 0.399 e. The van der Waals surface area contributed by atoms with Crippen LogP contribution in [-0.2, 0) is 6.54 Å². The highest BCUT2D eigenvalue weighted by molar-refractivity contribution is 7.13. The number of nitrogens with zero attached hydrogens (tertiary/aromatic N) is 1. The third-order valence-corrected chi connectivity index (χ3v) is 4.91. The van der Waals surface area contributed by atoms with Gasteiger partial charge in [-0.15, -0.1) is 11.3 Å². The van der Waals surface area contributed by atoms with Gasteiger partial charge < -0.3 is 10.6 Å². The third kappa shape index (κ3) is 3.77. The predicted octanol–water partition coefficient (Wildman–Crippen LogP) is 4.34. The number of rotatable bonds is 5. The Bertz CT molecular complexity index is 622. The second-order valence-electron chi connectivity index (χ2n) is 5.03.